The van der Waals surface area contributed by atoms with E-state index in [1.807, 2.05) is 0 Å². The maximum Gasteiger partial charge on any atom is 0.238 e. The van der Waals surface area contributed by atoms with Crippen molar-refractivity contribution in [3.8, 4) is 0 Å². The second-order valence-electron chi connectivity index (χ2n) is 3.85. The van der Waals surface area contributed by atoms with Crippen LogP contribution in [0.2, 0.25) is 0 Å². The molecule has 5 heteroatoms. The zero-order chi connectivity index (χ0) is 12.1. The average molecular weight is 230 g/mol. The number of hydrogen-bond donors (Lipinski definition) is 2. The number of primary sulfonamides is 1. The van der Waals surface area contributed by atoms with Crippen molar-refractivity contribution >= 4 is 15.7 Å². The maximum atomic E-state index is 10.7. The molecule has 0 saturated heterocycles. The summed E-state index contributed by atoms with van der Waals surface area (Å²) in [5, 5.41) is 4.84. The molecule has 86 valence electrons. The zero-order valence-corrected chi connectivity index (χ0v) is 10.1. The van der Waals surface area contributed by atoms with E-state index in [2.05, 4.69) is 20.8 Å². The minimum absolute atomic E-state index is 0.0394. The van der Waals surface area contributed by atoms with Gasteiger partial charge in [-0.1, -0.05) is 26.8 Å². The molecule has 0 saturated carbocycles. The highest BCUT2D eigenvalue weighted by atomic mass is 32.2. The number of sulfonamides is 1. The average Bonchev–Trinajstić information content (AvgIpc) is 2.01. The fourth-order valence-corrected chi connectivity index (χ4v) is 1.26. The summed E-state index contributed by atoms with van der Waals surface area (Å²) in [7, 11) is -3.61. The van der Waals surface area contributed by atoms with Crippen LogP contribution in [-0.2, 0) is 10.0 Å². The van der Waals surface area contributed by atoms with Gasteiger partial charge in [-0.3, -0.25) is 0 Å². The maximum absolute atomic E-state index is 10.7. The molecule has 1 aromatic carbocycles. The van der Waals surface area contributed by atoms with E-state index in [1.54, 1.807) is 6.07 Å². The Hall–Kier alpha value is -1.07. The summed E-state index contributed by atoms with van der Waals surface area (Å²) in [5.74, 6) is 0.833. The van der Waals surface area contributed by atoms with Crippen LogP contribution in [0.5, 0.6) is 0 Å². The van der Waals surface area contributed by atoms with Gasteiger partial charge in [-0.2, -0.15) is 0 Å². The van der Waals surface area contributed by atoms with Crippen LogP contribution in [0, 0.1) is 5.92 Å². The first-order chi connectivity index (χ1) is 6.73. The van der Waals surface area contributed by atoms with Crippen molar-refractivity contribution in [2.45, 2.75) is 25.7 Å². The van der Waals surface area contributed by atoms with E-state index < -0.39 is 10.0 Å². The number of nitrogens with two attached hydrogens (primary N) is 2. The molecule has 0 fully saturated rings. The highest BCUT2D eigenvalue weighted by Gasteiger charge is 2.05. The Morgan fingerprint density at radius 1 is 1.20 bits per heavy atom. The monoisotopic (exact) mass is 230 g/mol. The molecule has 0 aliphatic rings. The summed E-state index contributed by atoms with van der Waals surface area (Å²) in [5.41, 5.74) is 5.72. The van der Waals surface area contributed by atoms with Crippen LogP contribution in [0.25, 0.3) is 0 Å². The molecule has 0 aliphatic carbocycles. The molecule has 0 radical (unpaired) electrons. The molecule has 0 aliphatic heterocycles. The summed E-state index contributed by atoms with van der Waals surface area (Å²) in [6.45, 7) is 6.50. The predicted molar refractivity (Wildman–Crippen MR) is 62.7 cm³/mol. The summed E-state index contributed by atoms with van der Waals surface area (Å²) in [6, 6.07) is 5.84. The predicted octanol–water partition coefficient (Wildman–Crippen LogP) is 1.58. The Kier molecular flexibility index (Phi) is 5.32. The summed E-state index contributed by atoms with van der Waals surface area (Å²) < 4.78 is 21.4. The SMILES string of the molecule is CC(C)C.Nc1cccc(S(N)(=O)=O)c1. The molecule has 0 unspecified atom stereocenters. The molecule has 4 nitrogen and oxygen atoms in total. The van der Waals surface area contributed by atoms with Crippen LogP contribution < -0.4 is 10.9 Å². The van der Waals surface area contributed by atoms with Gasteiger partial charge in [0.05, 0.1) is 4.90 Å². The van der Waals surface area contributed by atoms with Crippen molar-refractivity contribution in [3.63, 3.8) is 0 Å². The number of nitrogen functional groups attached to an aromatic ring is 1. The number of anilines is 1. The highest BCUT2D eigenvalue weighted by molar-refractivity contribution is 7.89. The first-order valence-electron chi connectivity index (χ1n) is 4.62. The second kappa shape index (κ2) is 5.72. The Morgan fingerprint density at radius 3 is 1.93 bits per heavy atom. The van der Waals surface area contributed by atoms with E-state index in [9.17, 15) is 8.42 Å². The Balaban J connectivity index is 0.000000423. The largest absolute Gasteiger partial charge is 0.399 e. The summed E-state index contributed by atoms with van der Waals surface area (Å²) in [4.78, 5) is 0.0394. The third-order valence-corrected chi connectivity index (χ3v) is 2.10. The van der Waals surface area contributed by atoms with Gasteiger partial charge in [-0.05, 0) is 24.1 Å². The summed E-state index contributed by atoms with van der Waals surface area (Å²) >= 11 is 0. The first-order valence-corrected chi connectivity index (χ1v) is 6.16. The van der Waals surface area contributed by atoms with E-state index in [1.165, 1.54) is 18.2 Å². The van der Waals surface area contributed by atoms with Crippen molar-refractivity contribution in [1.82, 2.24) is 0 Å². The number of hydrogen-bond acceptors (Lipinski definition) is 3. The lowest BCUT2D eigenvalue weighted by atomic mass is 10.3. The van der Waals surface area contributed by atoms with Crippen molar-refractivity contribution < 1.29 is 8.42 Å². The van der Waals surface area contributed by atoms with Gasteiger partial charge in [0.1, 0.15) is 0 Å². The van der Waals surface area contributed by atoms with E-state index in [0.717, 1.165) is 5.92 Å². The molecule has 0 bridgehead atoms. The smallest absolute Gasteiger partial charge is 0.238 e. The number of benzene rings is 1. The molecule has 15 heavy (non-hydrogen) atoms. The number of rotatable bonds is 1. The fraction of sp³-hybridized carbons (Fsp3) is 0.400. The van der Waals surface area contributed by atoms with Gasteiger partial charge >= 0.3 is 0 Å². The van der Waals surface area contributed by atoms with Crippen molar-refractivity contribution in [2.75, 3.05) is 5.73 Å². The molecule has 4 N–H and O–H groups in total. The topological polar surface area (TPSA) is 86.2 Å². The summed E-state index contributed by atoms with van der Waals surface area (Å²) in [6.07, 6.45) is 0. The van der Waals surface area contributed by atoms with Crippen molar-refractivity contribution in [3.05, 3.63) is 24.3 Å². The molecular weight excluding hydrogens is 212 g/mol. The molecule has 0 amide bonds. The molecular formula is C10H18N2O2S. The lowest BCUT2D eigenvalue weighted by Crippen LogP contribution is -2.12. The molecule has 0 spiro atoms. The minimum atomic E-state index is -3.61. The fourth-order valence-electron chi connectivity index (χ4n) is 0.692. The lowest BCUT2D eigenvalue weighted by molar-refractivity contribution is 0.598. The van der Waals surface area contributed by atoms with Crippen LogP contribution in [0.1, 0.15) is 20.8 Å². The molecule has 1 aromatic rings. The molecule has 0 aromatic heterocycles. The highest BCUT2D eigenvalue weighted by Crippen LogP contribution is 2.09. The van der Waals surface area contributed by atoms with Gasteiger partial charge in [-0.25, -0.2) is 13.6 Å². The van der Waals surface area contributed by atoms with E-state index in [0.29, 0.717) is 5.69 Å². The van der Waals surface area contributed by atoms with Gasteiger partial charge in [0, 0.05) is 5.69 Å². The zero-order valence-electron chi connectivity index (χ0n) is 9.27. The van der Waals surface area contributed by atoms with Gasteiger partial charge < -0.3 is 5.73 Å². The van der Waals surface area contributed by atoms with Crippen LogP contribution in [0.3, 0.4) is 0 Å². The van der Waals surface area contributed by atoms with Crippen LogP contribution in [0.4, 0.5) is 5.69 Å². The second-order valence-corrected chi connectivity index (χ2v) is 5.41. The van der Waals surface area contributed by atoms with Crippen LogP contribution >= 0.6 is 0 Å². The van der Waals surface area contributed by atoms with Gasteiger partial charge in [-0.15, -0.1) is 0 Å². The lowest BCUT2D eigenvalue weighted by Gasteiger charge is -1.97. The Morgan fingerprint density at radius 2 is 1.67 bits per heavy atom. The standard InChI is InChI=1S/C6H8N2O2S.C4H10/c7-5-2-1-3-6(4-5)11(8,9)10;1-4(2)3/h1-4H,7H2,(H2,8,9,10);4H,1-3H3. The third-order valence-electron chi connectivity index (χ3n) is 1.19. The minimum Gasteiger partial charge on any atom is -0.399 e. The molecule has 1 rings (SSSR count). The Bertz CT molecular complexity index is 397. The van der Waals surface area contributed by atoms with E-state index >= 15 is 0 Å². The van der Waals surface area contributed by atoms with E-state index in [4.69, 9.17) is 10.9 Å². The van der Waals surface area contributed by atoms with E-state index in [-0.39, 0.29) is 4.90 Å². The Labute approximate surface area is 91.3 Å². The third kappa shape index (κ3) is 6.93. The van der Waals surface area contributed by atoms with Crippen molar-refractivity contribution in [2.24, 2.45) is 11.1 Å². The van der Waals surface area contributed by atoms with Gasteiger partial charge in [0.25, 0.3) is 0 Å². The van der Waals surface area contributed by atoms with Crippen LogP contribution in [-0.4, -0.2) is 8.42 Å². The normalized spacial score (nSPS) is 10.7. The quantitative estimate of drug-likeness (QED) is 0.718. The first kappa shape index (κ1) is 13.9. The van der Waals surface area contributed by atoms with Gasteiger partial charge in [0.15, 0.2) is 0 Å². The van der Waals surface area contributed by atoms with Gasteiger partial charge in [0.2, 0.25) is 10.0 Å². The molecule has 0 heterocycles. The molecule has 0 atom stereocenters. The van der Waals surface area contributed by atoms with Crippen LogP contribution in [0.15, 0.2) is 29.2 Å². The van der Waals surface area contributed by atoms with Crippen molar-refractivity contribution in [1.29, 1.82) is 0 Å².